The first-order valence-corrected chi connectivity index (χ1v) is 7.06. The van der Waals surface area contributed by atoms with E-state index in [0.717, 1.165) is 30.6 Å². The number of hydrogen-bond acceptors (Lipinski definition) is 6. The first-order chi connectivity index (χ1) is 8.23. The van der Waals surface area contributed by atoms with Crippen molar-refractivity contribution in [3.8, 4) is 0 Å². The van der Waals surface area contributed by atoms with Crippen molar-refractivity contribution in [3.63, 3.8) is 0 Å². The lowest BCUT2D eigenvalue weighted by atomic mass is 10.0. The largest absolute Gasteiger partial charge is 0.298 e. The van der Waals surface area contributed by atoms with Gasteiger partial charge in [-0.25, -0.2) is 5.84 Å². The van der Waals surface area contributed by atoms with E-state index in [1.807, 2.05) is 0 Å². The fourth-order valence-electron chi connectivity index (χ4n) is 1.78. The standard InChI is InChI=1S/C11H23N5S/c1-4-9(5-2)7-16(6-3)8-10-14-15-11(13-12)17-10/h9H,4-8,12H2,1-3H3,(H,13,15). The SMILES string of the molecule is CCC(CC)CN(CC)Cc1nnc(NN)s1. The Kier molecular flexibility index (Phi) is 6.39. The molecule has 0 unspecified atom stereocenters. The van der Waals surface area contributed by atoms with E-state index in [0.29, 0.717) is 5.13 Å². The number of nitrogen functional groups attached to an aromatic ring is 1. The van der Waals surface area contributed by atoms with Gasteiger partial charge >= 0.3 is 0 Å². The average Bonchev–Trinajstić information content (AvgIpc) is 2.82. The smallest absolute Gasteiger partial charge is 0.219 e. The molecule has 0 radical (unpaired) electrons. The lowest BCUT2D eigenvalue weighted by Gasteiger charge is -2.23. The third-order valence-electron chi connectivity index (χ3n) is 3.07. The zero-order valence-electron chi connectivity index (χ0n) is 10.9. The van der Waals surface area contributed by atoms with Gasteiger partial charge in [-0.15, -0.1) is 10.2 Å². The van der Waals surface area contributed by atoms with Crippen LogP contribution < -0.4 is 11.3 Å². The van der Waals surface area contributed by atoms with Gasteiger partial charge in [-0.2, -0.15) is 0 Å². The fraction of sp³-hybridized carbons (Fsp3) is 0.818. The molecule has 6 heteroatoms. The predicted molar refractivity (Wildman–Crippen MR) is 72.7 cm³/mol. The summed E-state index contributed by atoms with van der Waals surface area (Å²) in [6.07, 6.45) is 2.47. The van der Waals surface area contributed by atoms with Gasteiger partial charge in [0.25, 0.3) is 0 Å². The maximum Gasteiger partial charge on any atom is 0.219 e. The number of rotatable bonds is 8. The zero-order valence-corrected chi connectivity index (χ0v) is 11.8. The maximum absolute atomic E-state index is 5.29. The van der Waals surface area contributed by atoms with E-state index < -0.39 is 0 Å². The lowest BCUT2D eigenvalue weighted by Crippen LogP contribution is -2.28. The second-order valence-corrected chi connectivity index (χ2v) is 5.22. The molecule has 0 saturated carbocycles. The second kappa shape index (κ2) is 7.58. The highest BCUT2D eigenvalue weighted by molar-refractivity contribution is 7.15. The van der Waals surface area contributed by atoms with Crippen LogP contribution in [0.5, 0.6) is 0 Å². The summed E-state index contributed by atoms with van der Waals surface area (Å²) in [5, 5.41) is 9.76. The minimum Gasteiger partial charge on any atom is -0.298 e. The molecule has 0 aliphatic rings. The molecule has 3 N–H and O–H groups in total. The van der Waals surface area contributed by atoms with Gasteiger partial charge in [0.05, 0.1) is 6.54 Å². The van der Waals surface area contributed by atoms with Crippen LogP contribution in [0.2, 0.25) is 0 Å². The predicted octanol–water partition coefficient (Wildman–Crippen LogP) is 2.08. The summed E-state index contributed by atoms with van der Waals surface area (Å²) in [7, 11) is 0. The van der Waals surface area contributed by atoms with Crippen molar-refractivity contribution in [2.45, 2.75) is 40.2 Å². The highest BCUT2D eigenvalue weighted by Gasteiger charge is 2.12. The van der Waals surface area contributed by atoms with Gasteiger partial charge in [0.2, 0.25) is 5.13 Å². The zero-order chi connectivity index (χ0) is 12.7. The Morgan fingerprint density at radius 3 is 2.47 bits per heavy atom. The van der Waals surface area contributed by atoms with Gasteiger partial charge < -0.3 is 0 Å². The number of hydrazine groups is 1. The Morgan fingerprint density at radius 2 is 2.00 bits per heavy atom. The molecule has 0 aliphatic heterocycles. The quantitative estimate of drug-likeness (QED) is 0.551. The van der Waals surface area contributed by atoms with Gasteiger partial charge in [-0.1, -0.05) is 44.9 Å². The molecule has 0 bridgehead atoms. The Hall–Kier alpha value is -0.720. The first kappa shape index (κ1) is 14.3. The van der Waals surface area contributed by atoms with Crippen molar-refractivity contribution in [2.24, 2.45) is 11.8 Å². The fourth-order valence-corrected chi connectivity index (χ4v) is 2.48. The molecular formula is C11H23N5S. The van der Waals surface area contributed by atoms with Gasteiger partial charge in [0.1, 0.15) is 5.01 Å². The number of nitrogens with two attached hydrogens (primary N) is 1. The molecule has 1 aromatic heterocycles. The van der Waals surface area contributed by atoms with Gasteiger partial charge in [0, 0.05) is 6.54 Å². The van der Waals surface area contributed by atoms with E-state index in [4.69, 9.17) is 5.84 Å². The summed E-state index contributed by atoms with van der Waals surface area (Å²) in [6, 6.07) is 0. The van der Waals surface area contributed by atoms with Gasteiger partial charge in [-0.3, -0.25) is 10.3 Å². The van der Waals surface area contributed by atoms with E-state index in [1.54, 1.807) is 0 Å². The van der Waals surface area contributed by atoms with Crippen molar-refractivity contribution >= 4 is 16.5 Å². The summed E-state index contributed by atoms with van der Waals surface area (Å²) in [5.74, 6) is 6.07. The summed E-state index contributed by atoms with van der Waals surface area (Å²) in [6.45, 7) is 9.74. The van der Waals surface area contributed by atoms with Crippen LogP contribution in [0.25, 0.3) is 0 Å². The van der Waals surface area contributed by atoms with Crippen molar-refractivity contribution in [1.29, 1.82) is 0 Å². The van der Waals surface area contributed by atoms with Crippen LogP contribution in [-0.4, -0.2) is 28.2 Å². The summed E-state index contributed by atoms with van der Waals surface area (Å²) >= 11 is 1.52. The van der Waals surface area contributed by atoms with E-state index in [1.165, 1.54) is 24.2 Å². The van der Waals surface area contributed by atoms with Crippen LogP contribution in [0, 0.1) is 5.92 Å². The molecule has 5 nitrogen and oxygen atoms in total. The Balaban J connectivity index is 2.50. The Labute approximate surface area is 107 Å². The number of nitrogens with zero attached hydrogens (tertiary/aromatic N) is 3. The number of anilines is 1. The van der Waals surface area contributed by atoms with Crippen LogP contribution in [0.15, 0.2) is 0 Å². The molecular weight excluding hydrogens is 234 g/mol. The molecule has 0 amide bonds. The second-order valence-electron chi connectivity index (χ2n) is 4.16. The summed E-state index contributed by atoms with van der Waals surface area (Å²) in [5.41, 5.74) is 2.53. The molecule has 0 fully saturated rings. The highest BCUT2D eigenvalue weighted by Crippen LogP contribution is 2.17. The number of nitrogens with one attached hydrogen (secondary N) is 1. The number of hydrogen-bond donors (Lipinski definition) is 2. The molecule has 0 aromatic carbocycles. The van der Waals surface area contributed by atoms with Crippen LogP contribution in [0.1, 0.15) is 38.6 Å². The van der Waals surface area contributed by atoms with Gasteiger partial charge in [0.15, 0.2) is 0 Å². The first-order valence-electron chi connectivity index (χ1n) is 6.24. The van der Waals surface area contributed by atoms with Crippen molar-refractivity contribution in [3.05, 3.63) is 5.01 Å². The molecule has 1 aromatic rings. The maximum atomic E-state index is 5.29. The molecule has 98 valence electrons. The monoisotopic (exact) mass is 257 g/mol. The molecule has 1 heterocycles. The minimum atomic E-state index is 0.679. The molecule has 0 atom stereocenters. The van der Waals surface area contributed by atoms with Crippen LogP contribution in [0.4, 0.5) is 5.13 Å². The van der Waals surface area contributed by atoms with E-state index in [9.17, 15) is 0 Å². The third-order valence-corrected chi connectivity index (χ3v) is 3.91. The molecule has 0 saturated heterocycles. The molecule has 17 heavy (non-hydrogen) atoms. The molecule has 0 spiro atoms. The Morgan fingerprint density at radius 1 is 1.29 bits per heavy atom. The Bertz CT molecular complexity index is 311. The van der Waals surface area contributed by atoms with Gasteiger partial charge in [-0.05, 0) is 12.5 Å². The average molecular weight is 257 g/mol. The van der Waals surface area contributed by atoms with Crippen molar-refractivity contribution in [2.75, 3.05) is 18.5 Å². The van der Waals surface area contributed by atoms with E-state index >= 15 is 0 Å². The topological polar surface area (TPSA) is 67.1 Å². The third kappa shape index (κ3) is 4.57. The normalized spacial score (nSPS) is 11.4. The van der Waals surface area contributed by atoms with Crippen LogP contribution >= 0.6 is 11.3 Å². The van der Waals surface area contributed by atoms with Crippen molar-refractivity contribution in [1.82, 2.24) is 15.1 Å². The van der Waals surface area contributed by atoms with E-state index in [2.05, 4.69) is 41.3 Å². The van der Waals surface area contributed by atoms with Crippen LogP contribution in [-0.2, 0) is 6.54 Å². The molecule has 0 aliphatic carbocycles. The summed E-state index contributed by atoms with van der Waals surface area (Å²) in [4.78, 5) is 2.42. The van der Waals surface area contributed by atoms with Crippen molar-refractivity contribution < 1.29 is 0 Å². The van der Waals surface area contributed by atoms with E-state index in [-0.39, 0.29) is 0 Å². The number of aromatic nitrogens is 2. The molecule has 1 rings (SSSR count). The lowest BCUT2D eigenvalue weighted by molar-refractivity contribution is 0.225. The summed E-state index contributed by atoms with van der Waals surface area (Å²) < 4.78 is 0. The minimum absolute atomic E-state index is 0.679. The highest BCUT2D eigenvalue weighted by atomic mass is 32.1. The van der Waals surface area contributed by atoms with Crippen LogP contribution in [0.3, 0.4) is 0 Å².